The van der Waals surface area contributed by atoms with E-state index in [0.29, 0.717) is 5.75 Å². The Morgan fingerprint density at radius 1 is 1.54 bits per heavy atom. The van der Waals surface area contributed by atoms with Crippen molar-refractivity contribution in [1.29, 1.82) is 0 Å². The second kappa shape index (κ2) is 3.94. The van der Waals surface area contributed by atoms with Crippen LogP contribution in [0.5, 0.6) is 11.5 Å². The van der Waals surface area contributed by atoms with Crippen molar-refractivity contribution >= 4 is 5.97 Å². The van der Waals surface area contributed by atoms with Gasteiger partial charge in [0.25, 0.3) is 0 Å². The maximum atomic E-state index is 10.7. The molecule has 0 spiro atoms. The lowest BCUT2D eigenvalue weighted by Crippen LogP contribution is -2.03. The molecule has 0 radical (unpaired) electrons. The molecule has 0 atom stereocenters. The number of ether oxygens (including phenoxy) is 1. The molecule has 0 fully saturated rings. The van der Waals surface area contributed by atoms with E-state index in [2.05, 4.69) is 0 Å². The van der Waals surface area contributed by atoms with E-state index in [-0.39, 0.29) is 11.7 Å². The lowest BCUT2D eigenvalue weighted by molar-refractivity contribution is -0.131. The molecular formula is C10H12O3. The molecule has 1 aromatic carbocycles. The molecule has 1 rings (SSSR count). The molecule has 0 aliphatic rings. The van der Waals surface area contributed by atoms with Gasteiger partial charge in [0, 0.05) is 6.92 Å². The molecule has 1 N–H and O–H groups in total. The van der Waals surface area contributed by atoms with Crippen LogP contribution in [-0.2, 0) is 11.2 Å². The zero-order valence-corrected chi connectivity index (χ0v) is 7.70. The standard InChI is InChI=1S/C10H12O3/c1-3-8-6-9(12)4-5-10(8)13-7(2)11/h4-6,12H,3H2,1-2H3. The molecule has 0 aliphatic carbocycles. The van der Waals surface area contributed by atoms with Crippen molar-refractivity contribution in [3.63, 3.8) is 0 Å². The Morgan fingerprint density at radius 3 is 2.77 bits per heavy atom. The summed E-state index contributed by atoms with van der Waals surface area (Å²) in [5, 5.41) is 9.16. The first-order valence-corrected chi connectivity index (χ1v) is 4.13. The summed E-state index contributed by atoms with van der Waals surface area (Å²) < 4.78 is 4.94. The van der Waals surface area contributed by atoms with Crippen molar-refractivity contribution in [3.8, 4) is 11.5 Å². The second-order valence-electron chi connectivity index (χ2n) is 2.74. The summed E-state index contributed by atoms with van der Waals surface area (Å²) >= 11 is 0. The highest BCUT2D eigenvalue weighted by atomic mass is 16.5. The van der Waals surface area contributed by atoms with E-state index >= 15 is 0 Å². The van der Waals surface area contributed by atoms with Crippen LogP contribution in [0.2, 0.25) is 0 Å². The highest BCUT2D eigenvalue weighted by molar-refractivity contribution is 5.69. The molecular weight excluding hydrogens is 168 g/mol. The Labute approximate surface area is 77.0 Å². The van der Waals surface area contributed by atoms with Gasteiger partial charge in [0.15, 0.2) is 0 Å². The predicted molar refractivity (Wildman–Crippen MR) is 48.8 cm³/mol. The van der Waals surface area contributed by atoms with Crippen LogP contribution in [0.25, 0.3) is 0 Å². The summed E-state index contributed by atoms with van der Waals surface area (Å²) in [6, 6.07) is 4.69. The molecule has 13 heavy (non-hydrogen) atoms. The maximum Gasteiger partial charge on any atom is 0.308 e. The first-order chi connectivity index (χ1) is 6.13. The highest BCUT2D eigenvalue weighted by Crippen LogP contribution is 2.23. The van der Waals surface area contributed by atoms with Gasteiger partial charge >= 0.3 is 5.97 Å². The molecule has 0 saturated carbocycles. The fourth-order valence-electron chi connectivity index (χ4n) is 1.10. The van der Waals surface area contributed by atoms with E-state index < -0.39 is 0 Å². The van der Waals surface area contributed by atoms with Gasteiger partial charge in [0.2, 0.25) is 0 Å². The number of esters is 1. The van der Waals surface area contributed by atoms with Crippen molar-refractivity contribution in [1.82, 2.24) is 0 Å². The zero-order chi connectivity index (χ0) is 9.84. The van der Waals surface area contributed by atoms with E-state index in [9.17, 15) is 4.79 Å². The Hall–Kier alpha value is -1.51. The number of hydrogen-bond acceptors (Lipinski definition) is 3. The zero-order valence-electron chi connectivity index (χ0n) is 7.70. The molecule has 0 aliphatic heterocycles. The molecule has 0 saturated heterocycles. The molecule has 0 heterocycles. The van der Waals surface area contributed by atoms with Gasteiger partial charge in [0.05, 0.1) is 0 Å². The van der Waals surface area contributed by atoms with Gasteiger partial charge in [-0.3, -0.25) is 4.79 Å². The number of aryl methyl sites for hydroxylation is 1. The summed E-state index contributed by atoms with van der Waals surface area (Å²) in [5.74, 6) is 0.362. The third-order valence-electron chi connectivity index (χ3n) is 1.68. The average molecular weight is 180 g/mol. The van der Waals surface area contributed by atoms with E-state index in [0.717, 1.165) is 12.0 Å². The third-order valence-corrected chi connectivity index (χ3v) is 1.68. The van der Waals surface area contributed by atoms with Gasteiger partial charge in [-0.2, -0.15) is 0 Å². The lowest BCUT2D eigenvalue weighted by atomic mass is 10.1. The molecule has 70 valence electrons. The molecule has 3 heteroatoms. The fraction of sp³-hybridized carbons (Fsp3) is 0.300. The van der Waals surface area contributed by atoms with E-state index in [1.54, 1.807) is 12.1 Å². The molecule has 3 nitrogen and oxygen atoms in total. The first kappa shape index (κ1) is 9.58. The van der Waals surface area contributed by atoms with Gasteiger partial charge in [-0.15, -0.1) is 0 Å². The van der Waals surface area contributed by atoms with Gasteiger partial charge in [-0.25, -0.2) is 0 Å². The van der Waals surface area contributed by atoms with Crippen molar-refractivity contribution in [2.45, 2.75) is 20.3 Å². The van der Waals surface area contributed by atoms with Crippen molar-refractivity contribution in [2.24, 2.45) is 0 Å². The highest BCUT2D eigenvalue weighted by Gasteiger charge is 2.04. The SMILES string of the molecule is CCc1cc(O)ccc1OC(C)=O. The van der Waals surface area contributed by atoms with Crippen molar-refractivity contribution in [2.75, 3.05) is 0 Å². The first-order valence-electron chi connectivity index (χ1n) is 4.13. The number of phenolic OH excluding ortho intramolecular Hbond substituents is 1. The summed E-state index contributed by atoms with van der Waals surface area (Å²) in [4.78, 5) is 10.7. The van der Waals surface area contributed by atoms with E-state index in [1.807, 2.05) is 6.92 Å². The fourth-order valence-corrected chi connectivity index (χ4v) is 1.10. The Bertz CT molecular complexity index is 318. The molecule has 0 amide bonds. The smallest absolute Gasteiger partial charge is 0.308 e. The normalized spacial score (nSPS) is 9.69. The van der Waals surface area contributed by atoms with Crippen LogP contribution < -0.4 is 4.74 Å². The minimum atomic E-state index is -0.347. The number of carbonyl (C=O) groups is 1. The summed E-state index contributed by atoms with van der Waals surface area (Å²) in [7, 11) is 0. The Morgan fingerprint density at radius 2 is 2.23 bits per heavy atom. The van der Waals surface area contributed by atoms with Gasteiger partial charge < -0.3 is 9.84 Å². The topological polar surface area (TPSA) is 46.5 Å². The number of phenols is 1. The van der Waals surface area contributed by atoms with Crippen LogP contribution in [0.1, 0.15) is 19.4 Å². The Balaban J connectivity index is 2.99. The van der Waals surface area contributed by atoms with E-state index in [4.69, 9.17) is 9.84 Å². The molecule has 0 unspecified atom stereocenters. The van der Waals surface area contributed by atoms with Crippen LogP contribution in [0.3, 0.4) is 0 Å². The number of aromatic hydroxyl groups is 1. The quantitative estimate of drug-likeness (QED) is 0.558. The third kappa shape index (κ3) is 2.47. The lowest BCUT2D eigenvalue weighted by Gasteiger charge is -2.06. The predicted octanol–water partition coefficient (Wildman–Crippen LogP) is 1.88. The summed E-state index contributed by atoms with van der Waals surface area (Å²) in [6.45, 7) is 3.29. The number of carbonyl (C=O) groups excluding carboxylic acids is 1. The minimum absolute atomic E-state index is 0.188. The summed E-state index contributed by atoms with van der Waals surface area (Å²) in [5.41, 5.74) is 0.829. The monoisotopic (exact) mass is 180 g/mol. The van der Waals surface area contributed by atoms with Crippen molar-refractivity contribution < 1.29 is 14.6 Å². The summed E-state index contributed by atoms with van der Waals surface area (Å²) in [6.07, 6.45) is 0.719. The number of rotatable bonds is 2. The second-order valence-corrected chi connectivity index (χ2v) is 2.74. The maximum absolute atomic E-state index is 10.7. The number of benzene rings is 1. The van der Waals surface area contributed by atoms with Crippen LogP contribution in [0.15, 0.2) is 18.2 Å². The van der Waals surface area contributed by atoms with E-state index in [1.165, 1.54) is 13.0 Å². The minimum Gasteiger partial charge on any atom is -0.508 e. The van der Waals surface area contributed by atoms with Crippen LogP contribution >= 0.6 is 0 Å². The molecule has 0 bridgehead atoms. The average Bonchev–Trinajstić information content (AvgIpc) is 2.07. The van der Waals surface area contributed by atoms with Crippen LogP contribution in [0.4, 0.5) is 0 Å². The Kier molecular flexibility index (Phi) is 2.90. The largest absolute Gasteiger partial charge is 0.508 e. The van der Waals surface area contributed by atoms with Gasteiger partial charge in [0.1, 0.15) is 11.5 Å². The molecule has 0 aromatic heterocycles. The van der Waals surface area contributed by atoms with Gasteiger partial charge in [-0.1, -0.05) is 6.92 Å². The van der Waals surface area contributed by atoms with Gasteiger partial charge in [-0.05, 0) is 30.2 Å². The van der Waals surface area contributed by atoms with Crippen LogP contribution in [-0.4, -0.2) is 11.1 Å². The van der Waals surface area contributed by atoms with Crippen molar-refractivity contribution in [3.05, 3.63) is 23.8 Å². The molecule has 1 aromatic rings. The number of hydrogen-bond donors (Lipinski definition) is 1. The van der Waals surface area contributed by atoms with Crippen LogP contribution in [0, 0.1) is 0 Å².